The fraction of sp³-hybridized carbons (Fsp3) is 0.133. The molecule has 1 aromatic carbocycles. The Hall–Kier alpha value is -3.09. The molecule has 0 spiro atoms. The Morgan fingerprint density at radius 2 is 2.27 bits per heavy atom. The molecular formula is C15H13N3O4. The van der Waals surface area contributed by atoms with Gasteiger partial charge < -0.3 is 13.9 Å². The molecule has 0 aliphatic carbocycles. The van der Waals surface area contributed by atoms with E-state index in [2.05, 4.69) is 14.8 Å². The van der Waals surface area contributed by atoms with E-state index in [1.165, 1.54) is 19.7 Å². The first-order valence-electron chi connectivity index (χ1n) is 6.50. The van der Waals surface area contributed by atoms with Gasteiger partial charge in [0.05, 0.1) is 19.1 Å². The predicted octanol–water partition coefficient (Wildman–Crippen LogP) is 2.23. The molecule has 0 fully saturated rings. The number of rotatable bonds is 5. The molecule has 7 nitrogen and oxygen atoms in total. The molecule has 2 aromatic heterocycles. The van der Waals surface area contributed by atoms with Crippen LogP contribution in [0.15, 0.2) is 53.7 Å². The van der Waals surface area contributed by atoms with E-state index in [1.807, 2.05) is 18.2 Å². The normalized spacial score (nSPS) is 10.4. The smallest absolute Gasteiger partial charge is 0.341 e. The summed E-state index contributed by atoms with van der Waals surface area (Å²) in [5, 5.41) is 4.06. The topological polar surface area (TPSA) is 79.4 Å². The number of carbonyl (C=O) groups is 1. The third-order valence-electron chi connectivity index (χ3n) is 3.02. The molecule has 2 heterocycles. The van der Waals surface area contributed by atoms with Crippen molar-refractivity contribution in [3.05, 3.63) is 60.6 Å². The lowest BCUT2D eigenvalue weighted by molar-refractivity contribution is 0.0595. The van der Waals surface area contributed by atoms with Gasteiger partial charge in [-0.1, -0.05) is 6.07 Å². The summed E-state index contributed by atoms with van der Waals surface area (Å²) >= 11 is 0. The van der Waals surface area contributed by atoms with Gasteiger partial charge in [-0.15, -0.1) is 0 Å². The minimum absolute atomic E-state index is 0.123. The summed E-state index contributed by atoms with van der Waals surface area (Å²) in [6.45, 7) is 0.123. The van der Waals surface area contributed by atoms with E-state index >= 15 is 0 Å². The van der Waals surface area contributed by atoms with Gasteiger partial charge in [-0.2, -0.15) is 5.10 Å². The first kappa shape index (κ1) is 13.9. The highest BCUT2D eigenvalue weighted by atomic mass is 16.5. The zero-order valence-corrected chi connectivity index (χ0v) is 11.8. The van der Waals surface area contributed by atoms with Crippen molar-refractivity contribution in [2.24, 2.45) is 0 Å². The standard InChI is InChI=1S/C15H13N3O4/c1-20-15(19)13-5-6-21-14(13)8-22-12-4-2-3-11(7-12)18-10-16-9-17-18/h2-7,9-10H,8H2,1H3. The molecule has 0 atom stereocenters. The highest BCUT2D eigenvalue weighted by molar-refractivity contribution is 5.90. The highest BCUT2D eigenvalue weighted by Crippen LogP contribution is 2.19. The maximum Gasteiger partial charge on any atom is 0.341 e. The van der Waals surface area contributed by atoms with Gasteiger partial charge in [-0.3, -0.25) is 0 Å². The number of furan rings is 1. The van der Waals surface area contributed by atoms with E-state index in [1.54, 1.807) is 23.1 Å². The number of esters is 1. The summed E-state index contributed by atoms with van der Waals surface area (Å²) < 4.78 is 17.2. The number of benzene rings is 1. The molecule has 0 aliphatic rings. The van der Waals surface area contributed by atoms with Gasteiger partial charge in [0, 0.05) is 6.07 Å². The van der Waals surface area contributed by atoms with Crippen molar-refractivity contribution in [3.8, 4) is 11.4 Å². The van der Waals surface area contributed by atoms with Crippen molar-refractivity contribution >= 4 is 5.97 Å². The second-order valence-electron chi connectivity index (χ2n) is 4.38. The third-order valence-corrected chi connectivity index (χ3v) is 3.02. The van der Waals surface area contributed by atoms with Crippen molar-refractivity contribution in [1.82, 2.24) is 14.8 Å². The first-order chi connectivity index (χ1) is 10.8. The minimum Gasteiger partial charge on any atom is -0.486 e. The van der Waals surface area contributed by atoms with Crippen molar-refractivity contribution in [2.45, 2.75) is 6.61 Å². The number of hydrogen-bond donors (Lipinski definition) is 0. The van der Waals surface area contributed by atoms with Gasteiger partial charge >= 0.3 is 5.97 Å². The molecule has 3 aromatic rings. The average molecular weight is 299 g/mol. The van der Waals surface area contributed by atoms with Crippen LogP contribution in [0.5, 0.6) is 5.75 Å². The molecule has 0 unspecified atom stereocenters. The SMILES string of the molecule is COC(=O)c1ccoc1COc1cccc(-n2cncn2)c1. The molecule has 0 amide bonds. The molecule has 0 radical (unpaired) electrons. The second kappa shape index (κ2) is 6.13. The molecule has 0 saturated carbocycles. The average Bonchev–Trinajstić information content (AvgIpc) is 3.23. The Morgan fingerprint density at radius 1 is 1.36 bits per heavy atom. The van der Waals surface area contributed by atoms with Gasteiger partial charge in [-0.05, 0) is 18.2 Å². The molecular weight excluding hydrogens is 286 g/mol. The summed E-state index contributed by atoms with van der Waals surface area (Å²) in [6, 6.07) is 8.90. The van der Waals surface area contributed by atoms with Crippen molar-refractivity contribution in [2.75, 3.05) is 7.11 Å². The minimum atomic E-state index is -0.455. The van der Waals surface area contributed by atoms with Crippen LogP contribution in [0.4, 0.5) is 0 Å². The lowest BCUT2D eigenvalue weighted by Crippen LogP contribution is -2.05. The molecule has 0 aliphatic heterocycles. The first-order valence-corrected chi connectivity index (χ1v) is 6.50. The zero-order valence-electron chi connectivity index (χ0n) is 11.8. The monoisotopic (exact) mass is 299 g/mol. The van der Waals surface area contributed by atoms with Crippen LogP contribution in [-0.2, 0) is 11.3 Å². The Bertz CT molecular complexity index is 765. The third kappa shape index (κ3) is 2.83. The van der Waals surface area contributed by atoms with Gasteiger partial charge in [0.25, 0.3) is 0 Å². The van der Waals surface area contributed by atoms with E-state index in [4.69, 9.17) is 9.15 Å². The molecule has 0 N–H and O–H groups in total. The zero-order chi connectivity index (χ0) is 15.4. The number of hydrogen-bond acceptors (Lipinski definition) is 6. The molecule has 3 rings (SSSR count). The van der Waals surface area contributed by atoms with Gasteiger partial charge in [0.2, 0.25) is 0 Å². The maximum absolute atomic E-state index is 11.6. The highest BCUT2D eigenvalue weighted by Gasteiger charge is 2.15. The molecule has 112 valence electrons. The Morgan fingerprint density at radius 3 is 3.05 bits per heavy atom. The van der Waals surface area contributed by atoms with Crippen LogP contribution in [0.25, 0.3) is 5.69 Å². The summed E-state index contributed by atoms with van der Waals surface area (Å²) in [5.74, 6) is 0.585. The largest absolute Gasteiger partial charge is 0.486 e. The molecule has 7 heteroatoms. The van der Waals surface area contributed by atoms with Crippen LogP contribution in [0.3, 0.4) is 0 Å². The molecule has 0 bridgehead atoms. The fourth-order valence-electron chi connectivity index (χ4n) is 1.95. The van der Waals surface area contributed by atoms with Crippen molar-refractivity contribution < 1.29 is 18.7 Å². The molecule has 22 heavy (non-hydrogen) atoms. The van der Waals surface area contributed by atoms with E-state index in [0.717, 1.165) is 5.69 Å². The lowest BCUT2D eigenvalue weighted by Gasteiger charge is -2.07. The van der Waals surface area contributed by atoms with Gasteiger partial charge in [0.1, 0.15) is 30.6 Å². The Kier molecular flexibility index (Phi) is 3.86. The summed E-state index contributed by atoms with van der Waals surface area (Å²) in [7, 11) is 1.32. The lowest BCUT2D eigenvalue weighted by atomic mass is 10.2. The Labute approximate surface area is 126 Å². The van der Waals surface area contributed by atoms with Crippen LogP contribution < -0.4 is 4.74 Å². The summed E-state index contributed by atoms with van der Waals surface area (Å²) in [5.41, 5.74) is 1.18. The number of aromatic nitrogens is 3. The van der Waals surface area contributed by atoms with Crippen LogP contribution >= 0.6 is 0 Å². The Balaban J connectivity index is 1.74. The number of nitrogens with zero attached hydrogens (tertiary/aromatic N) is 3. The second-order valence-corrected chi connectivity index (χ2v) is 4.38. The fourth-order valence-corrected chi connectivity index (χ4v) is 1.95. The van der Waals surface area contributed by atoms with E-state index < -0.39 is 5.97 Å². The number of carbonyl (C=O) groups excluding carboxylic acids is 1. The van der Waals surface area contributed by atoms with Gasteiger partial charge in [-0.25, -0.2) is 14.5 Å². The van der Waals surface area contributed by atoms with E-state index in [9.17, 15) is 4.79 Å². The maximum atomic E-state index is 11.6. The van der Waals surface area contributed by atoms with Crippen LogP contribution in [0.2, 0.25) is 0 Å². The number of ether oxygens (including phenoxy) is 2. The van der Waals surface area contributed by atoms with Crippen LogP contribution in [-0.4, -0.2) is 27.8 Å². The van der Waals surface area contributed by atoms with Crippen LogP contribution in [0, 0.1) is 0 Å². The van der Waals surface area contributed by atoms with Gasteiger partial charge in [0.15, 0.2) is 5.76 Å². The van der Waals surface area contributed by atoms with Crippen LogP contribution in [0.1, 0.15) is 16.1 Å². The molecule has 0 saturated heterocycles. The number of methoxy groups -OCH3 is 1. The van der Waals surface area contributed by atoms with Crippen molar-refractivity contribution in [1.29, 1.82) is 0 Å². The van der Waals surface area contributed by atoms with E-state index in [0.29, 0.717) is 17.1 Å². The van der Waals surface area contributed by atoms with E-state index in [-0.39, 0.29) is 6.61 Å². The summed E-state index contributed by atoms with van der Waals surface area (Å²) in [6.07, 6.45) is 4.48. The predicted molar refractivity (Wildman–Crippen MR) is 75.7 cm³/mol. The summed E-state index contributed by atoms with van der Waals surface area (Å²) in [4.78, 5) is 15.5. The quantitative estimate of drug-likeness (QED) is 0.672. The van der Waals surface area contributed by atoms with Crippen molar-refractivity contribution in [3.63, 3.8) is 0 Å².